The number of carbonyl (C=O) groups excluding carboxylic acids is 1. The summed E-state index contributed by atoms with van der Waals surface area (Å²) >= 11 is 0. The Balaban J connectivity index is 2.59. The first-order chi connectivity index (χ1) is 12.4. The van der Waals surface area contributed by atoms with Crippen LogP contribution in [0.1, 0.15) is 11.1 Å². The molecule has 2 rings (SSSR count). The molecule has 0 aliphatic heterocycles. The van der Waals surface area contributed by atoms with Gasteiger partial charge in [-0.3, -0.25) is 0 Å². The van der Waals surface area contributed by atoms with Gasteiger partial charge in [-0.25, -0.2) is 4.79 Å². The lowest BCUT2D eigenvalue weighted by molar-refractivity contribution is -0.375. The largest absolute Gasteiger partial charge is 0.462 e. The van der Waals surface area contributed by atoms with Crippen molar-refractivity contribution in [3.05, 3.63) is 60.2 Å². The fraction of sp³-hybridized carbons (Fsp3) is 0.278. The van der Waals surface area contributed by atoms with E-state index in [2.05, 4.69) is 6.58 Å². The van der Waals surface area contributed by atoms with E-state index in [-0.39, 0.29) is 18.4 Å². The molecule has 9 heteroatoms. The van der Waals surface area contributed by atoms with E-state index < -0.39 is 34.9 Å². The smallest absolute Gasteiger partial charge is 0.430 e. The maximum absolute atomic E-state index is 13.2. The van der Waals surface area contributed by atoms with Crippen LogP contribution in [0.2, 0.25) is 0 Å². The molecule has 2 aromatic rings. The maximum atomic E-state index is 13.2. The first-order valence-corrected chi connectivity index (χ1v) is 7.59. The van der Waals surface area contributed by atoms with Crippen LogP contribution in [0, 0.1) is 0 Å². The summed E-state index contributed by atoms with van der Waals surface area (Å²) in [5.74, 6) is -0.709. The Bertz CT molecular complexity index is 840. The molecule has 0 radical (unpaired) electrons. The molecule has 0 spiro atoms. The molecule has 0 atom stereocenters. The van der Waals surface area contributed by atoms with Gasteiger partial charge >= 0.3 is 18.3 Å². The van der Waals surface area contributed by atoms with Crippen LogP contribution in [0.5, 0.6) is 0 Å². The number of hydrogen-bond donors (Lipinski definition) is 1. The predicted molar refractivity (Wildman–Crippen MR) is 84.8 cm³/mol. The number of carbonyl (C=O) groups is 1. The number of halogens is 6. The van der Waals surface area contributed by atoms with Crippen LogP contribution < -0.4 is 0 Å². The Kier molecular flexibility index (Phi) is 5.55. The standard InChI is InChI=1S/C18H14F6O3/c1-2-15(25)27-10-9-11-7-8-14(13-6-4-3-5-12(11)13)16(26,17(19,20)21)18(22,23)24/h2-8,26H,1,9-10H2. The summed E-state index contributed by atoms with van der Waals surface area (Å²) < 4.78 is 84.0. The Labute approximate surface area is 149 Å². The molecule has 2 aromatic carbocycles. The molecule has 0 aromatic heterocycles. The number of hydrogen-bond acceptors (Lipinski definition) is 3. The Morgan fingerprint density at radius 2 is 1.56 bits per heavy atom. The molecule has 146 valence electrons. The van der Waals surface area contributed by atoms with Crippen molar-refractivity contribution in [1.29, 1.82) is 0 Å². The van der Waals surface area contributed by atoms with Crippen molar-refractivity contribution >= 4 is 16.7 Å². The first-order valence-electron chi connectivity index (χ1n) is 7.59. The van der Waals surface area contributed by atoms with Gasteiger partial charge in [0.15, 0.2) is 0 Å². The van der Waals surface area contributed by atoms with Crippen LogP contribution in [-0.4, -0.2) is 30.0 Å². The average Bonchev–Trinajstić information content (AvgIpc) is 2.59. The van der Waals surface area contributed by atoms with Gasteiger partial charge in [0, 0.05) is 18.1 Å². The Morgan fingerprint density at radius 3 is 2.07 bits per heavy atom. The van der Waals surface area contributed by atoms with Crippen LogP contribution in [0.25, 0.3) is 10.8 Å². The topological polar surface area (TPSA) is 46.5 Å². The molecular formula is C18H14F6O3. The monoisotopic (exact) mass is 392 g/mol. The molecule has 0 aliphatic carbocycles. The van der Waals surface area contributed by atoms with E-state index in [1.807, 2.05) is 0 Å². The van der Waals surface area contributed by atoms with E-state index in [9.17, 15) is 36.2 Å². The van der Waals surface area contributed by atoms with E-state index in [1.54, 1.807) is 0 Å². The van der Waals surface area contributed by atoms with Gasteiger partial charge in [0.05, 0.1) is 6.61 Å². The SMILES string of the molecule is C=CC(=O)OCCc1ccc(C(O)(C(F)(F)F)C(F)(F)F)c2ccccc12. The second-order valence-electron chi connectivity index (χ2n) is 5.65. The van der Waals surface area contributed by atoms with E-state index in [1.165, 1.54) is 18.2 Å². The Hall–Kier alpha value is -2.55. The highest BCUT2D eigenvalue weighted by molar-refractivity contribution is 5.89. The zero-order chi connectivity index (χ0) is 20.5. The molecule has 0 fully saturated rings. The molecule has 0 amide bonds. The van der Waals surface area contributed by atoms with Gasteiger partial charge < -0.3 is 9.84 Å². The van der Waals surface area contributed by atoms with Crippen molar-refractivity contribution in [3.63, 3.8) is 0 Å². The van der Waals surface area contributed by atoms with Crippen molar-refractivity contribution in [2.75, 3.05) is 6.61 Å². The number of rotatable bonds is 5. The van der Waals surface area contributed by atoms with Crippen LogP contribution in [0.4, 0.5) is 26.3 Å². The quantitative estimate of drug-likeness (QED) is 0.466. The fourth-order valence-corrected chi connectivity index (χ4v) is 2.68. The molecule has 3 nitrogen and oxygen atoms in total. The van der Waals surface area contributed by atoms with Gasteiger partial charge in [-0.2, -0.15) is 26.3 Å². The second-order valence-corrected chi connectivity index (χ2v) is 5.65. The number of fused-ring (bicyclic) bond motifs is 1. The lowest BCUT2D eigenvalue weighted by Crippen LogP contribution is -2.54. The summed E-state index contributed by atoms with van der Waals surface area (Å²) in [6.45, 7) is 3.06. The highest BCUT2D eigenvalue weighted by atomic mass is 19.4. The van der Waals surface area contributed by atoms with Crippen molar-refractivity contribution in [3.8, 4) is 0 Å². The molecule has 0 saturated heterocycles. The number of ether oxygens (including phenoxy) is 1. The normalized spacial score (nSPS) is 12.9. The molecule has 27 heavy (non-hydrogen) atoms. The summed E-state index contributed by atoms with van der Waals surface area (Å²) in [4.78, 5) is 11.0. The fourth-order valence-electron chi connectivity index (χ4n) is 2.68. The lowest BCUT2D eigenvalue weighted by Gasteiger charge is -2.33. The minimum Gasteiger partial charge on any atom is -0.462 e. The minimum atomic E-state index is -5.98. The molecule has 0 heterocycles. The molecule has 0 unspecified atom stereocenters. The summed E-state index contributed by atoms with van der Waals surface area (Å²) in [7, 11) is 0. The van der Waals surface area contributed by atoms with Gasteiger partial charge in [-0.15, -0.1) is 0 Å². The van der Waals surface area contributed by atoms with E-state index >= 15 is 0 Å². The van der Waals surface area contributed by atoms with Gasteiger partial charge in [-0.1, -0.05) is 43.0 Å². The number of benzene rings is 2. The summed E-state index contributed by atoms with van der Waals surface area (Å²) in [6.07, 6.45) is -11.0. The summed E-state index contributed by atoms with van der Waals surface area (Å²) in [5, 5.41) is 9.37. The van der Waals surface area contributed by atoms with Crippen molar-refractivity contribution in [2.45, 2.75) is 24.4 Å². The summed E-state index contributed by atoms with van der Waals surface area (Å²) in [6, 6.07) is 6.73. The van der Waals surface area contributed by atoms with Crippen LogP contribution in [0.15, 0.2) is 49.1 Å². The zero-order valence-corrected chi connectivity index (χ0v) is 13.7. The lowest BCUT2D eigenvalue weighted by atomic mass is 9.86. The third kappa shape index (κ3) is 3.78. The highest BCUT2D eigenvalue weighted by Gasteiger charge is 2.71. The third-order valence-electron chi connectivity index (χ3n) is 4.01. The van der Waals surface area contributed by atoms with E-state index in [0.29, 0.717) is 11.6 Å². The summed E-state index contributed by atoms with van der Waals surface area (Å²) in [5.41, 5.74) is -5.98. The van der Waals surface area contributed by atoms with Gasteiger partial charge in [0.1, 0.15) is 0 Å². The van der Waals surface area contributed by atoms with Crippen molar-refractivity contribution < 1.29 is 41.0 Å². The minimum absolute atomic E-state index is 0.0524. The van der Waals surface area contributed by atoms with E-state index in [0.717, 1.165) is 18.2 Å². The molecule has 1 N–H and O–H groups in total. The van der Waals surface area contributed by atoms with Crippen molar-refractivity contribution in [1.82, 2.24) is 0 Å². The highest BCUT2D eigenvalue weighted by Crippen LogP contribution is 2.51. The van der Waals surface area contributed by atoms with Crippen molar-refractivity contribution in [2.24, 2.45) is 0 Å². The third-order valence-corrected chi connectivity index (χ3v) is 4.01. The molecule has 0 bridgehead atoms. The molecular weight excluding hydrogens is 378 g/mol. The Morgan fingerprint density at radius 1 is 1.00 bits per heavy atom. The number of alkyl halides is 6. The van der Waals surface area contributed by atoms with E-state index in [4.69, 9.17) is 4.74 Å². The van der Waals surface area contributed by atoms with Gasteiger partial charge in [-0.05, 0) is 16.3 Å². The van der Waals surface area contributed by atoms with Gasteiger partial charge in [0.25, 0.3) is 5.60 Å². The first kappa shape index (κ1) is 20.8. The number of aliphatic hydroxyl groups is 1. The second kappa shape index (κ2) is 7.22. The molecule has 0 aliphatic rings. The molecule has 0 saturated carbocycles. The van der Waals surface area contributed by atoms with Gasteiger partial charge in [0.2, 0.25) is 0 Å². The van der Waals surface area contributed by atoms with Crippen LogP contribution in [0.3, 0.4) is 0 Å². The predicted octanol–water partition coefficient (Wildman–Crippen LogP) is 4.42. The van der Waals surface area contributed by atoms with Crippen LogP contribution >= 0.6 is 0 Å². The number of esters is 1. The zero-order valence-electron chi connectivity index (χ0n) is 13.7. The maximum Gasteiger partial charge on any atom is 0.430 e. The van der Waals surface area contributed by atoms with Crippen LogP contribution in [-0.2, 0) is 21.6 Å². The average molecular weight is 392 g/mol.